The van der Waals surface area contributed by atoms with Gasteiger partial charge in [0.1, 0.15) is 12.1 Å². The van der Waals surface area contributed by atoms with E-state index < -0.39 is 5.91 Å². The predicted octanol–water partition coefficient (Wildman–Crippen LogP) is 1.06. The van der Waals surface area contributed by atoms with Gasteiger partial charge in [0.05, 0.1) is 12.7 Å². The molecule has 2 heterocycles. The number of nitrogens with zero attached hydrogens (tertiary/aromatic N) is 1. The highest BCUT2D eigenvalue weighted by molar-refractivity contribution is 5.95. The highest BCUT2D eigenvalue weighted by atomic mass is 16.5. The Bertz CT molecular complexity index is 721. The second kappa shape index (κ2) is 6.76. The van der Waals surface area contributed by atoms with Gasteiger partial charge in [-0.2, -0.15) is 0 Å². The number of fused-ring (bicyclic) bond motifs is 1. The fourth-order valence-electron chi connectivity index (χ4n) is 2.37. The average molecular weight is 319 g/mol. The minimum Gasteiger partial charge on any atom is -0.432 e. The van der Waals surface area contributed by atoms with Crippen molar-refractivity contribution in [3.05, 3.63) is 24.1 Å². The third kappa shape index (κ3) is 3.85. The van der Waals surface area contributed by atoms with Crippen LogP contribution < -0.4 is 11.1 Å². The van der Waals surface area contributed by atoms with Crippen LogP contribution in [0.5, 0.6) is 0 Å². The maximum absolute atomic E-state index is 11.8. The summed E-state index contributed by atoms with van der Waals surface area (Å²) in [5.74, 6) is -1.18. The van der Waals surface area contributed by atoms with Crippen LogP contribution in [0.3, 0.4) is 0 Å². The van der Waals surface area contributed by atoms with Crippen molar-refractivity contribution in [1.82, 2.24) is 4.98 Å². The molecule has 1 aromatic carbocycles. The van der Waals surface area contributed by atoms with Crippen LogP contribution in [0.2, 0.25) is 0 Å². The Morgan fingerprint density at radius 3 is 3.04 bits per heavy atom. The van der Waals surface area contributed by atoms with Crippen molar-refractivity contribution >= 4 is 28.6 Å². The molecule has 3 N–H and O–H groups in total. The van der Waals surface area contributed by atoms with Gasteiger partial charge in [0.15, 0.2) is 5.58 Å². The quantitative estimate of drug-likeness (QED) is 0.822. The number of hydrogen-bond acceptors (Lipinski definition) is 6. The Morgan fingerprint density at radius 2 is 2.30 bits per heavy atom. The largest absolute Gasteiger partial charge is 0.432 e. The Morgan fingerprint density at radius 1 is 1.43 bits per heavy atom. The molecule has 2 aromatic rings. The minimum atomic E-state index is -0.741. The van der Waals surface area contributed by atoms with Crippen molar-refractivity contribution in [3.63, 3.8) is 0 Å². The molecule has 0 spiro atoms. The number of aromatic nitrogens is 1. The smallest absolute Gasteiger partial charge is 0.304 e. The van der Waals surface area contributed by atoms with E-state index in [2.05, 4.69) is 10.3 Å². The molecular formula is C15H17N3O5. The van der Waals surface area contributed by atoms with Crippen LogP contribution in [0.4, 0.5) is 5.69 Å². The Hall–Kier alpha value is -2.45. The number of oxazole rings is 1. The first-order chi connectivity index (χ1) is 11.1. The van der Waals surface area contributed by atoms with E-state index in [0.29, 0.717) is 23.4 Å². The van der Waals surface area contributed by atoms with Crippen LogP contribution in [-0.2, 0) is 14.3 Å². The molecule has 1 aliphatic rings. The number of benzene rings is 1. The first-order valence-electron chi connectivity index (χ1n) is 7.31. The SMILES string of the molecule is NC(=O)c1nc2cc(NC(=O)COCC3CCCO3)ccc2o1. The number of carbonyl (C=O) groups excluding carboxylic acids is 2. The normalized spacial score (nSPS) is 17.5. The van der Waals surface area contributed by atoms with Crippen LogP contribution in [0.25, 0.3) is 11.1 Å². The van der Waals surface area contributed by atoms with Gasteiger partial charge in [-0.15, -0.1) is 0 Å². The Labute approximate surface area is 131 Å². The molecule has 0 saturated carbocycles. The first-order valence-corrected chi connectivity index (χ1v) is 7.31. The first kappa shape index (κ1) is 15.4. The fraction of sp³-hybridized carbons (Fsp3) is 0.400. The lowest BCUT2D eigenvalue weighted by Gasteiger charge is -2.10. The van der Waals surface area contributed by atoms with Crippen molar-refractivity contribution in [2.75, 3.05) is 25.1 Å². The summed E-state index contributed by atoms with van der Waals surface area (Å²) in [6.07, 6.45) is 2.08. The number of carbonyl (C=O) groups is 2. The molecule has 1 aliphatic heterocycles. The molecule has 122 valence electrons. The third-order valence-electron chi connectivity index (χ3n) is 3.44. The minimum absolute atomic E-state index is 0.0523. The number of ether oxygens (including phenoxy) is 2. The molecule has 1 fully saturated rings. The van der Waals surface area contributed by atoms with E-state index >= 15 is 0 Å². The van der Waals surface area contributed by atoms with Crippen LogP contribution in [0, 0.1) is 0 Å². The van der Waals surface area contributed by atoms with Gasteiger partial charge in [0.2, 0.25) is 5.91 Å². The molecule has 0 aliphatic carbocycles. The lowest BCUT2D eigenvalue weighted by molar-refractivity contribution is -0.121. The van der Waals surface area contributed by atoms with Gasteiger partial charge in [-0.05, 0) is 31.0 Å². The van der Waals surface area contributed by atoms with Gasteiger partial charge in [0.25, 0.3) is 5.89 Å². The molecular weight excluding hydrogens is 302 g/mol. The zero-order chi connectivity index (χ0) is 16.2. The number of hydrogen-bond donors (Lipinski definition) is 2. The second-order valence-electron chi connectivity index (χ2n) is 5.26. The molecule has 0 bridgehead atoms. The maximum Gasteiger partial charge on any atom is 0.304 e. The highest BCUT2D eigenvalue weighted by Gasteiger charge is 2.16. The molecule has 23 heavy (non-hydrogen) atoms. The van der Waals surface area contributed by atoms with Crippen molar-refractivity contribution in [2.45, 2.75) is 18.9 Å². The van der Waals surface area contributed by atoms with E-state index in [0.717, 1.165) is 19.4 Å². The summed E-state index contributed by atoms with van der Waals surface area (Å²) >= 11 is 0. The highest BCUT2D eigenvalue weighted by Crippen LogP contribution is 2.20. The monoisotopic (exact) mass is 319 g/mol. The Kier molecular flexibility index (Phi) is 4.54. The van der Waals surface area contributed by atoms with Crippen molar-refractivity contribution in [1.29, 1.82) is 0 Å². The molecule has 1 atom stereocenters. The average Bonchev–Trinajstić information content (AvgIpc) is 3.15. The number of nitrogens with two attached hydrogens (primary N) is 1. The zero-order valence-electron chi connectivity index (χ0n) is 12.4. The van der Waals surface area contributed by atoms with Crippen LogP contribution in [0.15, 0.2) is 22.6 Å². The molecule has 8 nitrogen and oxygen atoms in total. The van der Waals surface area contributed by atoms with Crippen molar-refractivity contribution in [3.8, 4) is 0 Å². The zero-order valence-corrected chi connectivity index (χ0v) is 12.4. The number of rotatable bonds is 6. The van der Waals surface area contributed by atoms with Gasteiger partial charge < -0.3 is 24.9 Å². The summed E-state index contributed by atoms with van der Waals surface area (Å²) < 4.78 is 15.9. The third-order valence-corrected chi connectivity index (χ3v) is 3.44. The molecule has 1 saturated heterocycles. The molecule has 1 unspecified atom stereocenters. The molecule has 2 amide bonds. The van der Waals surface area contributed by atoms with E-state index in [4.69, 9.17) is 19.6 Å². The fourth-order valence-corrected chi connectivity index (χ4v) is 2.37. The van der Waals surface area contributed by atoms with Crippen molar-refractivity contribution in [2.24, 2.45) is 5.73 Å². The topological polar surface area (TPSA) is 117 Å². The van der Waals surface area contributed by atoms with E-state index in [1.165, 1.54) is 0 Å². The maximum atomic E-state index is 11.8. The Balaban J connectivity index is 1.55. The lowest BCUT2D eigenvalue weighted by atomic mass is 10.2. The summed E-state index contributed by atoms with van der Waals surface area (Å²) in [5, 5.41) is 2.70. The summed E-state index contributed by atoms with van der Waals surface area (Å²) in [4.78, 5) is 26.8. The van der Waals surface area contributed by atoms with Gasteiger partial charge in [-0.1, -0.05) is 0 Å². The molecule has 0 radical (unpaired) electrons. The number of nitrogens with one attached hydrogen (secondary N) is 1. The second-order valence-corrected chi connectivity index (χ2v) is 5.26. The summed E-state index contributed by atoms with van der Waals surface area (Å²) in [5.41, 5.74) is 6.51. The van der Waals surface area contributed by atoms with Gasteiger partial charge in [-0.25, -0.2) is 4.98 Å². The van der Waals surface area contributed by atoms with Gasteiger partial charge in [0, 0.05) is 12.3 Å². The molecule has 8 heteroatoms. The molecule has 3 rings (SSSR count). The van der Waals surface area contributed by atoms with Crippen LogP contribution >= 0.6 is 0 Å². The van der Waals surface area contributed by atoms with Gasteiger partial charge in [-0.3, -0.25) is 9.59 Å². The number of anilines is 1. The number of primary amides is 1. The number of amides is 2. The summed E-state index contributed by atoms with van der Waals surface area (Å²) in [7, 11) is 0. The van der Waals surface area contributed by atoms with E-state index in [1.54, 1.807) is 18.2 Å². The molecule has 1 aromatic heterocycles. The van der Waals surface area contributed by atoms with Crippen LogP contribution in [0.1, 0.15) is 23.5 Å². The standard InChI is InChI=1S/C15H17N3O5/c16-14(20)15-18-11-6-9(3-4-12(11)23-15)17-13(19)8-21-7-10-2-1-5-22-10/h3-4,6,10H,1-2,5,7-8H2,(H2,16,20)(H,17,19). The van der Waals surface area contributed by atoms with E-state index in [9.17, 15) is 9.59 Å². The van der Waals surface area contributed by atoms with Gasteiger partial charge >= 0.3 is 5.91 Å². The predicted molar refractivity (Wildman–Crippen MR) is 80.9 cm³/mol. The van der Waals surface area contributed by atoms with Crippen LogP contribution in [-0.4, -0.2) is 42.7 Å². The summed E-state index contributed by atoms with van der Waals surface area (Å²) in [6.45, 7) is 1.12. The van der Waals surface area contributed by atoms with E-state index in [1.807, 2.05) is 0 Å². The van der Waals surface area contributed by atoms with Crippen molar-refractivity contribution < 1.29 is 23.5 Å². The van der Waals surface area contributed by atoms with E-state index in [-0.39, 0.29) is 24.5 Å². The summed E-state index contributed by atoms with van der Waals surface area (Å²) in [6, 6.07) is 4.86. The lowest BCUT2D eigenvalue weighted by Crippen LogP contribution is -2.22.